The van der Waals surface area contributed by atoms with Crippen molar-refractivity contribution in [2.75, 3.05) is 26.4 Å². The Bertz CT molecular complexity index is 1160. The Hall–Kier alpha value is -2.55. The van der Waals surface area contributed by atoms with E-state index in [2.05, 4.69) is 92.1 Å². The summed E-state index contributed by atoms with van der Waals surface area (Å²) in [6.07, 6.45) is 52.6. The van der Waals surface area contributed by atoms with Crippen LogP contribution in [0.5, 0.6) is 0 Å². The first-order valence-corrected chi connectivity index (χ1v) is 23.9. The highest BCUT2D eigenvalue weighted by Gasteiger charge is 2.23. The van der Waals surface area contributed by atoms with E-state index in [9.17, 15) is 24.2 Å². The smallest absolute Gasteiger partial charge is 0.463 e. The molecular formula is C47H82NO8P. The van der Waals surface area contributed by atoms with Gasteiger partial charge in [0.15, 0.2) is 0 Å². The van der Waals surface area contributed by atoms with Gasteiger partial charge in [0.25, 0.3) is 0 Å². The molecule has 0 aliphatic heterocycles. The van der Waals surface area contributed by atoms with Gasteiger partial charge < -0.3 is 20.1 Å². The van der Waals surface area contributed by atoms with Crippen LogP contribution in [0.2, 0.25) is 0 Å². The van der Waals surface area contributed by atoms with Crippen molar-refractivity contribution in [2.45, 2.75) is 187 Å². The first-order valence-electron chi connectivity index (χ1n) is 22.4. The molecule has 2 atom stereocenters. The summed E-state index contributed by atoms with van der Waals surface area (Å²) < 4.78 is 26.9. The number of unbranched alkanes of at least 4 members (excludes halogenated alkanes) is 16. The number of ether oxygens (including phenoxy) is 1. The highest BCUT2D eigenvalue weighted by Crippen LogP contribution is 2.42. The summed E-state index contributed by atoms with van der Waals surface area (Å²) in [6, 6.07) is 0. The van der Waals surface area contributed by atoms with E-state index in [-0.39, 0.29) is 32.1 Å². The van der Waals surface area contributed by atoms with Gasteiger partial charge in [-0.2, -0.15) is 0 Å². The van der Waals surface area contributed by atoms with Crippen LogP contribution >= 0.6 is 7.82 Å². The van der Waals surface area contributed by atoms with Crippen molar-refractivity contribution in [1.29, 1.82) is 0 Å². The topological polar surface area (TPSA) is 131 Å². The van der Waals surface area contributed by atoms with E-state index in [0.717, 1.165) is 57.8 Å². The molecule has 0 aliphatic carbocycles. The molecule has 328 valence electrons. The summed E-state index contributed by atoms with van der Waals surface area (Å²) in [5, 5.41) is 12.7. The summed E-state index contributed by atoms with van der Waals surface area (Å²) in [5.74, 6) is -0.582. The van der Waals surface area contributed by atoms with Crippen molar-refractivity contribution < 1.29 is 37.9 Å². The molecule has 0 fully saturated rings. The Morgan fingerprint density at radius 2 is 0.965 bits per heavy atom. The van der Waals surface area contributed by atoms with E-state index >= 15 is 0 Å². The van der Waals surface area contributed by atoms with Crippen molar-refractivity contribution in [2.24, 2.45) is 0 Å². The van der Waals surface area contributed by atoms with Crippen molar-refractivity contribution in [3.63, 3.8) is 0 Å². The molecule has 10 heteroatoms. The molecular weight excluding hydrogens is 737 g/mol. The van der Waals surface area contributed by atoms with Crippen molar-refractivity contribution in [3.05, 3.63) is 72.9 Å². The third kappa shape index (κ3) is 44.4. The first-order chi connectivity index (χ1) is 27.8. The number of phosphoric acid groups is 1. The van der Waals surface area contributed by atoms with Crippen molar-refractivity contribution >= 4 is 19.7 Å². The number of aliphatic hydroxyl groups is 1. The molecule has 2 unspecified atom stereocenters. The largest absolute Gasteiger partial charge is 0.472 e. The molecule has 1 amide bonds. The molecule has 0 bridgehead atoms. The van der Waals surface area contributed by atoms with Crippen LogP contribution in [0, 0.1) is 0 Å². The van der Waals surface area contributed by atoms with Crippen LogP contribution in [0.4, 0.5) is 0 Å². The molecule has 9 nitrogen and oxygen atoms in total. The second kappa shape index (κ2) is 43.0. The molecule has 0 aliphatic rings. The fourth-order valence-electron chi connectivity index (χ4n) is 5.70. The van der Waals surface area contributed by atoms with E-state index in [1.54, 1.807) is 0 Å². The number of carbonyl (C=O) groups is 2. The number of aliphatic hydroxyl groups excluding tert-OH is 1. The highest BCUT2D eigenvalue weighted by atomic mass is 31.2. The zero-order valence-corrected chi connectivity index (χ0v) is 36.9. The lowest BCUT2D eigenvalue weighted by molar-refractivity contribution is -0.147. The number of amides is 1. The van der Waals surface area contributed by atoms with Gasteiger partial charge in [-0.1, -0.05) is 157 Å². The predicted octanol–water partition coefficient (Wildman–Crippen LogP) is 12.7. The standard InChI is InChI=1S/C47H82NO8P/c1-3-5-7-9-11-13-15-17-19-21-22-24-26-28-30-32-34-36-38-40-47(51)54-43-45(49)44-56-57(52,53)55-42-41-48-46(50)39-37-35-33-31-29-27-25-23-20-18-16-14-12-10-8-6-4-2/h11-14,17-20,25,27,31,33,45,49H,3-10,15-16,21-24,26,28-30,32,34-44H2,1-2H3,(H,48,50)(H,52,53)/b13-11-,14-12-,19-17-,20-18-,27-25-,33-31-. The monoisotopic (exact) mass is 820 g/mol. The van der Waals surface area contributed by atoms with Gasteiger partial charge >= 0.3 is 13.8 Å². The second-order valence-electron chi connectivity index (χ2n) is 14.7. The minimum absolute atomic E-state index is 0.0488. The van der Waals surface area contributed by atoms with Gasteiger partial charge in [-0.3, -0.25) is 18.6 Å². The molecule has 0 aromatic carbocycles. The van der Waals surface area contributed by atoms with Gasteiger partial charge in [0.1, 0.15) is 12.7 Å². The van der Waals surface area contributed by atoms with Crippen LogP contribution in [0.15, 0.2) is 72.9 Å². The summed E-state index contributed by atoms with van der Waals surface area (Å²) in [4.78, 5) is 33.9. The van der Waals surface area contributed by atoms with Gasteiger partial charge in [-0.25, -0.2) is 4.57 Å². The van der Waals surface area contributed by atoms with Gasteiger partial charge in [-0.05, 0) is 83.5 Å². The zero-order chi connectivity index (χ0) is 41.8. The summed E-state index contributed by atoms with van der Waals surface area (Å²) >= 11 is 0. The van der Waals surface area contributed by atoms with E-state index in [1.165, 1.54) is 89.9 Å². The number of rotatable bonds is 41. The van der Waals surface area contributed by atoms with Crippen LogP contribution in [0.25, 0.3) is 0 Å². The zero-order valence-electron chi connectivity index (χ0n) is 36.0. The molecule has 0 rings (SSSR count). The van der Waals surface area contributed by atoms with Crippen LogP contribution in [0.1, 0.15) is 181 Å². The average molecular weight is 820 g/mol. The quantitative estimate of drug-likeness (QED) is 0.0240. The maximum atomic E-state index is 12.1. The molecule has 3 N–H and O–H groups in total. The second-order valence-corrected chi connectivity index (χ2v) is 16.1. The molecule has 0 saturated heterocycles. The van der Waals surface area contributed by atoms with Gasteiger partial charge in [-0.15, -0.1) is 0 Å². The highest BCUT2D eigenvalue weighted by molar-refractivity contribution is 7.47. The Labute approximate surface area is 348 Å². The Morgan fingerprint density at radius 3 is 1.46 bits per heavy atom. The first kappa shape index (κ1) is 54.5. The normalized spacial score (nSPS) is 14.0. The number of nitrogens with one attached hydrogen (secondary N) is 1. The molecule has 0 aromatic heterocycles. The van der Waals surface area contributed by atoms with Crippen molar-refractivity contribution in [1.82, 2.24) is 5.32 Å². The Kier molecular flexibility index (Phi) is 41.1. The molecule has 0 aromatic rings. The average Bonchev–Trinajstić information content (AvgIpc) is 3.20. The van der Waals surface area contributed by atoms with Crippen LogP contribution in [0.3, 0.4) is 0 Å². The maximum Gasteiger partial charge on any atom is 0.472 e. The minimum Gasteiger partial charge on any atom is -0.463 e. The third-order valence-electron chi connectivity index (χ3n) is 9.11. The molecule has 57 heavy (non-hydrogen) atoms. The fourth-order valence-corrected chi connectivity index (χ4v) is 6.45. The summed E-state index contributed by atoms with van der Waals surface area (Å²) in [7, 11) is -4.44. The van der Waals surface area contributed by atoms with Gasteiger partial charge in [0, 0.05) is 19.4 Å². The maximum absolute atomic E-state index is 12.1. The number of hydrogen-bond acceptors (Lipinski definition) is 7. The van der Waals surface area contributed by atoms with E-state index < -0.39 is 26.5 Å². The Morgan fingerprint density at radius 1 is 0.544 bits per heavy atom. The van der Waals surface area contributed by atoms with Gasteiger partial charge in [0.2, 0.25) is 5.91 Å². The van der Waals surface area contributed by atoms with E-state index in [4.69, 9.17) is 13.8 Å². The summed E-state index contributed by atoms with van der Waals surface area (Å²) in [5.41, 5.74) is 0. The van der Waals surface area contributed by atoms with Crippen LogP contribution < -0.4 is 5.32 Å². The van der Waals surface area contributed by atoms with E-state index in [1.807, 2.05) is 0 Å². The number of esters is 1. The fraction of sp³-hybridized carbons (Fsp3) is 0.702. The lowest BCUT2D eigenvalue weighted by atomic mass is 10.1. The van der Waals surface area contributed by atoms with Crippen molar-refractivity contribution in [3.8, 4) is 0 Å². The van der Waals surface area contributed by atoms with Crippen LogP contribution in [-0.2, 0) is 27.9 Å². The number of phosphoric ester groups is 1. The number of allylic oxidation sites excluding steroid dienone is 12. The van der Waals surface area contributed by atoms with Crippen LogP contribution in [-0.4, -0.2) is 54.3 Å². The third-order valence-corrected chi connectivity index (χ3v) is 10.1. The SMILES string of the molecule is CCCCC/C=C\C/C=C\C/C=C\C/C=C\CCCC(=O)NCCOP(=O)(O)OCC(O)COC(=O)CCCCCCCCCCC/C=C\C/C=C\CCCCC. The lowest BCUT2D eigenvalue weighted by Gasteiger charge is -2.15. The predicted molar refractivity (Wildman–Crippen MR) is 238 cm³/mol. The van der Waals surface area contributed by atoms with E-state index in [0.29, 0.717) is 12.8 Å². The number of hydrogen-bond donors (Lipinski definition) is 3. The molecule has 0 saturated carbocycles. The lowest BCUT2D eigenvalue weighted by Crippen LogP contribution is -2.27. The molecule has 0 spiro atoms. The molecule has 0 radical (unpaired) electrons. The molecule has 0 heterocycles. The van der Waals surface area contributed by atoms with Gasteiger partial charge in [0.05, 0.1) is 13.2 Å². The Balaban J connectivity index is 3.68. The summed E-state index contributed by atoms with van der Waals surface area (Å²) in [6.45, 7) is 3.42. The minimum atomic E-state index is -4.44. The number of carbonyl (C=O) groups excluding carboxylic acids is 2.